The molecule has 2 fully saturated rings. The maximum absolute atomic E-state index is 12.5. The second kappa shape index (κ2) is 10.8. The lowest BCUT2D eigenvalue weighted by atomic mass is 9.93. The van der Waals surface area contributed by atoms with Crippen LogP contribution in [0.2, 0.25) is 0 Å². The van der Waals surface area contributed by atoms with Gasteiger partial charge in [-0.05, 0) is 63.4 Å². The van der Waals surface area contributed by atoms with E-state index in [4.69, 9.17) is 4.74 Å². The first kappa shape index (κ1) is 24.7. The Balaban J connectivity index is 1.62. The quantitative estimate of drug-likeness (QED) is 0.442. The molecule has 1 aromatic rings. The predicted molar refractivity (Wildman–Crippen MR) is 127 cm³/mol. The van der Waals surface area contributed by atoms with Gasteiger partial charge in [0, 0.05) is 31.6 Å². The molecule has 0 spiro atoms. The summed E-state index contributed by atoms with van der Waals surface area (Å²) in [7, 11) is 0. The van der Waals surface area contributed by atoms with Crippen molar-refractivity contribution in [3.05, 3.63) is 35.9 Å². The number of hydrogen-bond acceptors (Lipinski definition) is 5. The second-order valence-corrected chi connectivity index (χ2v) is 10.9. The zero-order valence-corrected chi connectivity index (χ0v) is 20.3. The van der Waals surface area contributed by atoms with Gasteiger partial charge in [0.15, 0.2) is 0 Å². The largest absolute Gasteiger partial charge is 0.444 e. The van der Waals surface area contributed by atoms with Crippen LogP contribution in [0.15, 0.2) is 30.3 Å². The van der Waals surface area contributed by atoms with Crippen LogP contribution in [0.3, 0.4) is 0 Å². The number of carbonyl (C=O) groups excluding carboxylic acids is 2. The van der Waals surface area contributed by atoms with Gasteiger partial charge in [-0.3, -0.25) is 10.2 Å². The third kappa shape index (κ3) is 7.04. The summed E-state index contributed by atoms with van der Waals surface area (Å²) < 4.78 is 5.52. The van der Waals surface area contributed by atoms with Crippen molar-refractivity contribution in [1.29, 1.82) is 0 Å². The Hall–Kier alpha value is -1.92. The topological polar surface area (TPSA) is 70.7 Å². The number of alkyl carbamates (subject to hydrolysis) is 1. The third-order valence-electron chi connectivity index (χ3n) is 6.79. The summed E-state index contributed by atoms with van der Waals surface area (Å²) in [6.07, 6.45) is 3.41. The highest BCUT2D eigenvalue weighted by Crippen LogP contribution is 2.39. The first-order valence-corrected chi connectivity index (χ1v) is 12.1. The highest BCUT2D eigenvalue weighted by molar-refractivity contribution is 5.68. The maximum Gasteiger partial charge on any atom is 0.408 e. The van der Waals surface area contributed by atoms with Crippen LogP contribution in [0, 0.1) is 23.7 Å². The number of carbonyl (C=O) groups is 2. The standard InChI is InChI=1S/C26H41N3O3/c1-18(17-30)13-19(2)24(28-25(31)32-26(3,4)5)27-23-12-11-21-15-29(16-22(21)23)14-20-9-7-6-8-10-20/h6-10,17-19,21-24,27H,11-16H2,1-5H3,(H,28,31)/t18?,19?,21-,22+,23+,24+/m1/s1. The van der Waals surface area contributed by atoms with Gasteiger partial charge in [-0.15, -0.1) is 0 Å². The van der Waals surface area contributed by atoms with Gasteiger partial charge >= 0.3 is 6.09 Å². The molecule has 1 aliphatic carbocycles. The van der Waals surface area contributed by atoms with Gasteiger partial charge in [-0.25, -0.2) is 4.79 Å². The second-order valence-electron chi connectivity index (χ2n) is 10.9. The highest BCUT2D eigenvalue weighted by Gasteiger charge is 2.43. The van der Waals surface area contributed by atoms with E-state index in [2.05, 4.69) is 52.8 Å². The average molecular weight is 444 g/mol. The van der Waals surface area contributed by atoms with Crippen molar-refractivity contribution >= 4 is 12.4 Å². The fourth-order valence-electron chi connectivity index (χ4n) is 5.33. The van der Waals surface area contributed by atoms with E-state index in [0.29, 0.717) is 17.9 Å². The number of fused-ring (bicyclic) bond motifs is 1. The number of nitrogens with one attached hydrogen (secondary N) is 2. The molecule has 1 heterocycles. The molecular formula is C26H41N3O3. The van der Waals surface area contributed by atoms with Crippen LogP contribution >= 0.6 is 0 Å². The molecule has 3 rings (SSSR count). The molecule has 1 saturated carbocycles. The van der Waals surface area contributed by atoms with E-state index < -0.39 is 11.7 Å². The molecule has 2 N–H and O–H groups in total. The minimum absolute atomic E-state index is 0.0427. The normalized spacial score (nSPS) is 26.2. The number of ether oxygens (including phenoxy) is 1. The highest BCUT2D eigenvalue weighted by atomic mass is 16.6. The summed E-state index contributed by atoms with van der Waals surface area (Å²) in [5.41, 5.74) is 0.813. The predicted octanol–water partition coefficient (Wildman–Crippen LogP) is 4.20. The van der Waals surface area contributed by atoms with Crippen LogP contribution in [0.1, 0.15) is 59.4 Å². The Labute approximate surface area is 193 Å². The van der Waals surface area contributed by atoms with Crippen LogP contribution in [0.5, 0.6) is 0 Å². The van der Waals surface area contributed by atoms with Crippen LogP contribution in [-0.2, 0) is 16.1 Å². The summed E-state index contributed by atoms with van der Waals surface area (Å²) in [4.78, 5) is 26.3. The van der Waals surface area contributed by atoms with Crippen LogP contribution in [0.25, 0.3) is 0 Å². The summed E-state index contributed by atoms with van der Waals surface area (Å²) in [6, 6.07) is 11.0. The Kier molecular flexibility index (Phi) is 8.34. The molecule has 1 aliphatic heterocycles. The van der Waals surface area contributed by atoms with E-state index in [1.807, 2.05) is 27.7 Å². The van der Waals surface area contributed by atoms with E-state index >= 15 is 0 Å². The maximum atomic E-state index is 12.5. The molecular weight excluding hydrogens is 402 g/mol. The van der Waals surface area contributed by atoms with Crippen molar-refractivity contribution in [2.45, 2.75) is 78.2 Å². The fourth-order valence-corrected chi connectivity index (χ4v) is 5.33. The van der Waals surface area contributed by atoms with Crippen molar-refractivity contribution in [3.63, 3.8) is 0 Å². The monoisotopic (exact) mass is 443 g/mol. The molecule has 0 aromatic heterocycles. The molecule has 6 heteroatoms. The molecule has 0 radical (unpaired) electrons. The van der Waals surface area contributed by atoms with Crippen LogP contribution < -0.4 is 10.6 Å². The summed E-state index contributed by atoms with van der Waals surface area (Å²) >= 11 is 0. The van der Waals surface area contributed by atoms with Crippen molar-refractivity contribution in [2.24, 2.45) is 23.7 Å². The molecule has 1 saturated heterocycles. The minimum atomic E-state index is -0.546. The van der Waals surface area contributed by atoms with E-state index in [9.17, 15) is 9.59 Å². The Morgan fingerprint density at radius 1 is 1.19 bits per heavy atom. The molecule has 1 amide bonds. The van der Waals surface area contributed by atoms with Gasteiger partial charge in [-0.2, -0.15) is 0 Å². The summed E-state index contributed by atoms with van der Waals surface area (Å²) in [5.74, 6) is 1.35. The molecule has 6 atom stereocenters. The van der Waals surface area contributed by atoms with Crippen molar-refractivity contribution in [3.8, 4) is 0 Å². The van der Waals surface area contributed by atoms with Gasteiger partial charge in [0.05, 0.1) is 6.17 Å². The summed E-state index contributed by atoms with van der Waals surface area (Å²) in [5, 5.41) is 6.82. The van der Waals surface area contributed by atoms with E-state index in [-0.39, 0.29) is 18.0 Å². The molecule has 1 aromatic carbocycles. The minimum Gasteiger partial charge on any atom is -0.444 e. The van der Waals surface area contributed by atoms with E-state index in [1.165, 1.54) is 12.0 Å². The molecule has 0 bridgehead atoms. The molecule has 6 nitrogen and oxygen atoms in total. The molecule has 2 aliphatic rings. The van der Waals surface area contributed by atoms with Crippen molar-refractivity contribution < 1.29 is 14.3 Å². The van der Waals surface area contributed by atoms with Crippen molar-refractivity contribution in [1.82, 2.24) is 15.5 Å². The number of benzene rings is 1. The number of rotatable bonds is 9. The lowest BCUT2D eigenvalue weighted by Gasteiger charge is -2.33. The Morgan fingerprint density at radius 3 is 2.56 bits per heavy atom. The first-order valence-electron chi connectivity index (χ1n) is 12.1. The summed E-state index contributed by atoms with van der Waals surface area (Å²) in [6.45, 7) is 12.8. The molecule has 2 unspecified atom stereocenters. The zero-order valence-electron chi connectivity index (χ0n) is 20.3. The average Bonchev–Trinajstić information content (AvgIpc) is 3.27. The number of nitrogens with zero attached hydrogens (tertiary/aromatic N) is 1. The number of hydrogen-bond donors (Lipinski definition) is 2. The van der Waals surface area contributed by atoms with E-state index in [1.54, 1.807) is 0 Å². The lowest BCUT2D eigenvalue weighted by Crippen LogP contribution is -2.55. The fraction of sp³-hybridized carbons (Fsp3) is 0.692. The smallest absolute Gasteiger partial charge is 0.408 e. The number of amides is 1. The number of likely N-dealkylation sites (tertiary alicyclic amines) is 1. The van der Waals surface area contributed by atoms with Gasteiger partial charge in [0.2, 0.25) is 0 Å². The Morgan fingerprint density at radius 2 is 1.91 bits per heavy atom. The Bertz CT molecular complexity index is 748. The number of aldehydes is 1. The van der Waals surface area contributed by atoms with Gasteiger partial charge < -0.3 is 14.8 Å². The van der Waals surface area contributed by atoms with Gasteiger partial charge in [0.1, 0.15) is 11.9 Å². The van der Waals surface area contributed by atoms with Gasteiger partial charge in [-0.1, -0.05) is 44.2 Å². The molecule has 32 heavy (non-hydrogen) atoms. The lowest BCUT2D eigenvalue weighted by molar-refractivity contribution is -0.111. The van der Waals surface area contributed by atoms with Crippen LogP contribution in [-0.4, -0.2) is 48.2 Å². The van der Waals surface area contributed by atoms with Crippen molar-refractivity contribution in [2.75, 3.05) is 13.1 Å². The van der Waals surface area contributed by atoms with E-state index in [0.717, 1.165) is 38.8 Å². The first-order chi connectivity index (χ1) is 15.1. The molecule has 178 valence electrons. The van der Waals surface area contributed by atoms with Crippen LogP contribution in [0.4, 0.5) is 4.79 Å². The zero-order chi connectivity index (χ0) is 23.3. The SMILES string of the molecule is CC(C=O)CC(C)[C@H](NC(=O)OC(C)(C)C)N[C@H]1CC[C@@H]2CN(Cc3ccccc3)C[C@@H]21. The third-order valence-corrected chi connectivity index (χ3v) is 6.79. The van der Waals surface area contributed by atoms with Gasteiger partial charge in [0.25, 0.3) is 0 Å².